The van der Waals surface area contributed by atoms with Gasteiger partial charge in [0.15, 0.2) is 0 Å². The molecule has 0 aliphatic carbocycles. The number of hydrogen-bond donors (Lipinski definition) is 1. The summed E-state index contributed by atoms with van der Waals surface area (Å²) < 4.78 is 37.7. The number of hydrogen-bond acceptors (Lipinski definition) is 1. The van der Waals surface area contributed by atoms with E-state index in [0.29, 0.717) is 23.9 Å². The van der Waals surface area contributed by atoms with Gasteiger partial charge >= 0.3 is 6.18 Å². The van der Waals surface area contributed by atoms with Gasteiger partial charge in [0.05, 0.1) is 5.56 Å². The number of nitrogens with one attached hydrogen (secondary N) is 1. The molecule has 1 N–H and O–H groups in total. The molecule has 0 saturated carbocycles. The van der Waals surface area contributed by atoms with E-state index in [1.54, 1.807) is 6.07 Å². The topological polar surface area (TPSA) is 12.0 Å². The van der Waals surface area contributed by atoms with Crippen LogP contribution in [0.3, 0.4) is 0 Å². The van der Waals surface area contributed by atoms with Crippen molar-refractivity contribution in [1.82, 2.24) is 5.32 Å². The summed E-state index contributed by atoms with van der Waals surface area (Å²) in [5.74, 6) is 0.953. The summed E-state index contributed by atoms with van der Waals surface area (Å²) in [4.78, 5) is 0. The van der Waals surface area contributed by atoms with Crippen molar-refractivity contribution < 1.29 is 13.2 Å². The van der Waals surface area contributed by atoms with Crippen molar-refractivity contribution in [2.45, 2.75) is 39.0 Å². The molecular weight excluding hydrogens is 275 g/mol. The van der Waals surface area contributed by atoms with Gasteiger partial charge in [-0.3, -0.25) is 0 Å². The normalized spacial score (nSPS) is 13.8. The second-order valence-corrected chi connectivity index (χ2v) is 5.37. The zero-order valence-electron chi connectivity index (χ0n) is 11.1. The number of halogens is 4. The number of benzene rings is 1. The van der Waals surface area contributed by atoms with Crippen LogP contribution >= 0.6 is 11.6 Å². The largest absolute Gasteiger partial charge is 0.416 e. The van der Waals surface area contributed by atoms with E-state index in [0.717, 1.165) is 12.5 Å². The highest BCUT2D eigenvalue weighted by Crippen LogP contribution is 2.29. The van der Waals surface area contributed by atoms with Crippen molar-refractivity contribution in [2.24, 2.45) is 5.92 Å². The molecule has 0 fully saturated rings. The first kappa shape index (κ1) is 16.3. The Morgan fingerprint density at radius 2 is 1.95 bits per heavy atom. The Labute approximate surface area is 117 Å². The maximum atomic E-state index is 12.6. The number of alkyl halides is 4. The van der Waals surface area contributed by atoms with Gasteiger partial charge in [-0.2, -0.15) is 13.2 Å². The highest BCUT2D eigenvalue weighted by Gasteiger charge is 2.30. The molecule has 108 valence electrons. The van der Waals surface area contributed by atoms with Crippen LogP contribution in [0.2, 0.25) is 0 Å². The van der Waals surface area contributed by atoms with Crippen LogP contribution in [-0.2, 0) is 12.7 Å². The fourth-order valence-corrected chi connectivity index (χ4v) is 2.12. The van der Waals surface area contributed by atoms with Gasteiger partial charge in [-0.05, 0) is 24.0 Å². The summed E-state index contributed by atoms with van der Waals surface area (Å²) in [6.45, 7) is 4.57. The Hall–Kier alpha value is -0.740. The molecule has 1 atom stereocenters. The molecule has 1 aromatic rings. The minimum absolute atomic E-state index is 0.121. The molecule has 1 unspecified atom stereocenters. The van der Waals surface area contributed by atoms with E-state index in [4.69, 9.17) is 11.6 Å². The minimum Gasteiger partial charge on any atom is -0.309 e. The fourth-order valence-electron chi connectivity index (χ4n) is 1.89. The molecule has 0 radical (unpaired) electrons. The third-order valence-electron chi connectivity index (χ3n) is 2.79. The summed E-state index contributed by atoms with van der Waals surface area (Å²) in [7, 11) is 0. The first-order valence-corrected chi connectivity index (χ1v) is 6.82. The van der Waals surface area contributed by atoms with E-state index in [1.165, 1.54) is 12.1 Å². The maximum absolute atomic E-state index is 12.6. The van der Waals surface area contributed by atoms with E-state index in [-0.39, 0.29) is 6.04 Å². The second-order valence-electron chi connectivity index (χ2n) is 5.06. The standard InChI is InChI=1S/C14H19ClF3N/c1-10(2)6-13(8-15)19-9-11-4-3-5-12(7-11)14(16,17)18/h3-5,7,10,13,19H,6,8-9H2,1-2H3. The minimum atomic E-state index is -4.29. The molecule has 0 heterocycles. The smallest absolute Gasteiger partial charge is 0.309 e. The maximum Gasteiger partial charge on any atom is 0.416 e. The molecule has 0 saturated heterocycles. The van der Waals surface area contributed by atoms with Gasteiger partial charge in [0.2, 0.25) is 0 Å². The zero-order valence-corrected chi connectivity index (χ0v) is 11.9. The van der Waals surface area contributed by atoms with E-state index >= 15 is 0 Å². The van der Waals surface area contributed by atoms with Crippen molar-refractivity contribution >= 4 is 11.6 Å². The molecule has 0 aliphatic rings. The van der Waals surface area contributed by atoms with Crippen LogP contribution in [0.5, 0.6) is 0 Å². The van der Waals surface area contributed by atoms with Crippen molar-refractivity contribution in [1.29, 1.82) is 0 Å². The zero-order chi connectivity index (χ0) is 14.5. The Balaban J connectivity index is 2.62. The highest BCUT2D eigenvalue weighted by atomic mass is 35.5. The molecule has 5 heteroatoms. The molecule has 0 spiro atoms. The molecule has 1 nitrogen and oxygen atoms in total. The van der Waals surface area contributed by atoms with Gasteiger partial charge in [0.25, 0.3) is 0 Å². The van der Waals surface area contributed by atoms with Crippen LogP contribution < -0.4 is 5.32 Å². The van der Waals surface area contributed by atoms with Crippen LogP contribution in [0.4, 0.5) is 13.2 Å². The predicted molar refractivity (Wildman–Crippen MR) is 72.2 cm³/mol. The third kappa shape index (κ3) is 5.83. The lowest BCUT2D eigenvalue weighted by Gasteiger charge is -2.18. The lowest BCUT2D eigenvalue weighted by Crippen LogP contribution is -2.31. The van der Waals surface area contributed by atoms with E-state index < -0.39 is 11.7 Å². The van der Waals surface area contributed by atoms with Gasteiger partial charge in [-0.25, -0.2) is 0 Å². The molecular formula is C14H19ClF3N. The van der Waals surface area contributed by atoms with Crippen molar-refractivity contribution in [3.8, 4) is 0 Å². The number of rotatable bonds is 6. The molecule has 0 aliphatic heterocycles. The first-order valence-electron chi connectivity index (χ1n) is 6.28. The summed E-state index contributed by atoms with van der Waals surface area (Å²) >= 11 is 5.84. The summed E-state index contributed by atoms with van der Waals surface area (Å²) in [6.07, 6.45) is -3.39. The average molecular weight is 294 g/mol. The fraction of sp³-hybridized carbons (Fsp3) is 0.571. The third-order valence-corrected chi connectivity index (χ3v) is 3.16. The van der Waals surface area contributed by atoms with Gasteiger partial charge in [-0.15, -0.1) is 11.6 Å². The molecule has 19 heavy (non-hydrogen) atoms. The van der Waals surface area contributed by atoms with Crippen molar-refractivity contribution in [2.75, 3.05) is 5.88 Å². The Kier molecular flexibility index (Phi) is 6.14. The SMILES string of the molecule is CC(C)CC(CCl)NCc1cccc(C(F)(F)F)c1. The monoisotopic (exact) mass is 293 g/mol. The summed E-state index contributed by atoms with van der Waals surface area (Å²) in [6, 6.07) is 5.49. The van der Waals surface area contributed by atoms with Crippen LogP contribution in [0, 0.1) is 5.92 Å². The highest BCUT2D eigenvalue weighted by molar-refractivity contribution is 6.18. The first-order chi connectivity index (χ1) is 8.82. The second kappa shape index (κ2) is 7.15. The van der Waals surface area contributed by atoms with Gasteiger partial charge in [0.1, 0.15) is 0 Å². The van der Waals surface area contributed by atoms with Crippen LogP contribution in [-0.4, -0.2) is 11.9 Å². The van der Waals surface area contributed by atoms with E-state index in [1.807, 2.05) is 0 Å². The molecule has 1 rings (SSSR count). The predicted octanol–water partition coefficient (Wildman–Crippen LogP) is 4.45. The summed E-state index contributed by atoms with van der Waals surface area (Å²) in [5, 5.41) is 3.20. The Bertz CT molecular complexity index is 391. The average Bonchev–Trinajstić information content (AvgIpc) is 2.33. The lowest BCUT2D eigenvalue weighted by molar-refractivity contribution is -0.137. The molecule has 0 aromatic heterocycles. The van der Waals surface area contributed by atoms with Crippen molar-refractivity contribution in [3.63, 3.8) is 0 Å². The van der Waals surface area contributed by atoms with Crippen LogP contribution in [0.15, 0.2) is 24.3 Å². The Morgan fingerprint density at radius 1 is 1.26 bits per heavy atom. The quantitative estimate of drug-likeness (QED) is 0.764. The molecule has 1 aromatic carbocycles. The van der Waals surface area contributed by atoms with Gasteiger partial charge < -0.3 is 5.32 Å². The van der Waals surface area contributed by atoms with E-state index in [9.17, 15) is 13.2 Å². The van der Waals surface area contributed by atoms with E-state index in [2.05, 4.69) is 19.2 Å². The van der Waals surface area contributed by atoms with Crippen molar-refractivity contribution in [3.05, 3.63) is 35.4 Å². The molecule has 0 amide bonds. The molecule has 0 bridgehead atoms. The summed E-state index contributed by atoms with van der Waals surface area (Å²) in [5.41, 5.74) is 0.00628. The van der Waals surface area contributed by atoms with Gasteiger partial charge in [0, 0.05) is 18.5 Å². The van der Waals surface area contributed by atoms with Crippen LogP contribution in [0.25, 0.3) is 0 Å². The Morgan fingerprint density at radius 3 is 2.47 bits per heavy atom. The van der Waals surface area contributed by atoms with Gasteiger partial charge in [-0.1, -0.05) is 32.0 Å². The van der Waals surface area contributed by atoms with Crippen LogP contribution in [0.1, 0.15) is 31.4 Å². The lowest BCUT2D eigenvalue weighted by atomic mass is 10.0.